The molecule has 1 rings (SSSR count). The topological polar surface area (TPSA) is 37.3 Å². The molecule has 0 saturated carbocycles. The number of hydrogen-bond donors (Lipinski definition) is 1. The summed E-state index contributed by atoms with van der Waals surface area (Å²) in [5, 5.41) is 8.89. The van der Waals surface area contributed by atoms with Crippen molar-refractivity contribution in [2.24, 2.45) is 0 Å². The fourth-order valence-electron chi connectivity index (χ4n) is 1.15. The molecule has 0 aliphatic rings. The molecule has 0 amide bonds. The fourth-order valence-corrected chi connectivity index (χ4v) is 1.15. The molecule has 0 atom stereocenters. The van der Waals surface area contributed by atoms with Crippen LogP contribution in [0.1, 0.15) is 18.9 Å². The maximum Gasteiger partial charge on any atom is 0.335 e. The Hall–Kier alpha value is -1.57. The fraction of sp³-hybridized carbons (Fsp3) is 0.182. The van der Waals surface area contributed by atoms with Crippen molar-refractivity contribution in [1.29, 1.82) is 0 Å². The highest BCUT2D eigenvalue weighted by Gasteiger charge is 2.07. The highest BCUT2D eigenvalue weighted by Crippen LogP contribution is 2.14. The van der Waals surface area contributed by atoms with Gasteiger partial charge in [0.05, 0.1) is 5.57 Å². The Morgan fingerprint density at radius 1 is 1.38 bits per heavy atom. The van der Waals surface area contributed by atoms with Crippen LogP contribution in [0.25, 0.3) is 5.57 Å². The second kappa shape index (κ2) is 4.45. The molecule has 1 aromatic carbocycles. The third-order valence-corrected chi connectivity index (χ3v) is 1.72. The van der Waals surface area contributed by atoms with E-state index in [1.165, 1.54) is 0 Å². The van der Waals surface area contributed by atoms with E-state index in [0.29, 0.717) is 5.57 Å². The van der Waals surface area contributed by atoms with Crippen LogP contribution in [-0.2, 0) is 4.79 Å². The SMILES string of the molecule is CC/C=C(\C(=O)O)c1ccccc1. The van der Waals surface area contributed by atoms with Crippen molar-refractivity contribution in [2.75, 3.05) is 0 Å². The first-order valence-corrected chi connectivity index (χ1v) is 4.24. The van der Waals surface area contributed by atoms with E-state index in [1.807, 2.05) is 25.1 Å². The van der Waals surface area contributed by atoms with Crippen LogP contribution >= 0.6 is 0 Å². The first-order valence-electron chi connectivity index (χ1n) is 4.24. The summed E-state index contributed by atoms with van der Waals surface area (Å²) in [5.41, 5.74) is 1.14. The van der Waals surface area contributed by atoms with Gasteiger partial charge in [0.2, 0.25) is 0 Å². The monoisotopic (exact) mass is 176 g/mol. The van der Waals surface area contributed by atoms with E-state index in [2.05, 4.69) is 0 Å². The molecule has 0 aromatic heterocycles. The van der Waals surface area contributed by atoms with Crippen LogP contribution in [0.5, 0.6) is 0 Å². The normalized spacial score (nSPS) is 11.3. The van der Waals surface area contributed by atoms with E-state index >= 15 is 0 Å². The van der Waals surface area contributed by atoms with Crippen molar-refractivity contribution in [3.63, 3.8) is 0 Å². The summed E-state index contributed by atoms with van der Waals surface area (Å²) in [5.74, 6) is -0.868. The molecule has 0 aliphatic carbocycles. The van der Waals surface area contributed by atoms with Gasteiger partial charge < -0.3 is 5.11 Å². The highest BCUT2D eigenvalue weighted by atomic mass is 16.4. The Balaban J connectivity index is 3.03. The molecule has 0 saturated heterocycles. The van der Waals surface area contributed by atoms with Crippen LogP contribution in [-0.4, -0.2) is 11.1 Å². The van der Waals surface area contributed by atoms with Crippen LogP contribution in [0.3, 0.4) is 0 Å². The Morgan fingerprint density at radius 3 is 2.46 bits per heavy atom. The second-order valence-corrected chi connectivity index (χ2v) is 2.70. The highest BCUT2D eigenvalue weighted by molar-refractivity contribution is 6.15. The zero-order valence-electron chi connectivity index (χ0n) is 7.53. The van der Waals surface area contributed by atoms with Gasteiger partial charge in [-0.15, -0.1) is 0 Å². The van der Waals surface area contributed by atoms with Gasteiger partial charge in [-0.25, -0.2) is 4.79 Å². The number of rotatable bonds is 3. The summed E-state index contributed by atoms with van der Waals surface area (Å²) in [4.78, 5) is 10.8. The molecular formula is C11H12O2. The molecule has 0 radical (unpaired) electrons. The van der Waals surface area contributed by atoms with Crippen LogP contribution in [0.4, 0.5) is 0 Å². The zero-order valence-corrected chi connectivity index (χ0v) is 7.53. The van der Waals surface area contributed by atoms with Crippen LogP contribution in [0, 0.1) is 0 Å². The molecule has 1 aromatic rings. The Bertz CT molecular complexity index is 312. The van der Waals surface area contributed by atoms with E-state index < -0.39 is 5.97 Å². The summed E-state index contributed by atoms with van der Waals surface area (Å²) < 4.78 is 0. The minimum atomic E-state index is -0.868. The maximum absolute atomic E-state index is 10.8. The number of benzene rings is 1. The molecule has 0 heterocycles. The Kier molecular flexibility index (Phi) is 3.26. The van der Waals surface area contributed by atoms with E-state index in [-0.39, 0.29) is 0 Å². The zero-order chi connectivity index (χ0) is 9.68. The predicted octanol–water partition coefficient (Wildman–Crippen LogP) is 2.56. The molecular weight excluding hydrogens is 164 g/mol. The van der Waals surface area contributed by atoms with Crippen LogP contribution in [0.2, 0.25) is 0 Å². The van der Waals surface area contributed by atoms with E-state index in [0.717, 1.165) is 12.0 Å². The molecule has 0 fully saturated rings. The first kappa shape index (κ1) is 9.52. The predicted molar refractivity (Wildman–Crippen MR) is 52.3 cm³/mol. The first-order chi connectivity index (χ1) is 6.25. The van der Waals surface area contributed by atoms with Crippen molar-refractivity contribution in [3.8, 4) is 0 Å². The average Bonchev–Trinajstić information content (AvgIpc) is 2.15. The van der Waals surface area contributed by atoms with Gasteiger partial charge in [0.15, 0.2) is 0 Å². The summed E-state index contributed by atoms with van der Waals surface area (Å²) >= 11 is 0. The van der Waals surface area contributed by atoms with Gasteiger partial charge in [-0.05, 0) is 12.0 Å². The lowest BCUT2D eigenvalue weighted by Crippen LogP contribution is -1.99. The molecule has 68 valence electrons. The summed E-state index contributed by atoms with van der Waals surface area (Å²) in [7, 11) is 0. The molecule has 2 heteroatoms. The van der Waals surface area contributed by atoms with Crippen molar-refractivity contribution >= 4 is 11.5 Å². The quantitative estimate of drug-likeness (QED) is 0.718. The second-order valence-electron chi connectivity index (χ2n) is 2.70. The average molecular weight is 176 g/mol. The molecule has 2 nitrogen and oxygen atoms in total. The van der Waals surface area contributed by atoms with Gasteiger partial charge in [-0.2, -0.15) is 0 Å². The van der Waals surface area contributed by atoms with Crippen LogP contribution in [0.15, 0.2) is 36.4 Å². The van der Waals surface area contributed by atoms with E-state index in [1.54, 1.807) is 18.2 Å². The number of hydrogen-bond acceptors (Lipinski definition) is 1. The minimum absolute atomic E-state index is 0.378. The molecule has 0 spiro atoms. The van der Waals surface area contributed by atoms with Crippen LogP contribution < -0.4 is 0 Å². The van der Waals surface area contributed by atoms with Crippen molar-refractivity contribution in [3.05, 3.63) is 42.0 Å². The standard InChI is InChI=1S/C11H12O2/c1-2-6-10(11(12)13)9-7-4-3-5-8-9/h3-8H,2H2,1H3,(H,12,13)/b10-6-. The third-order valence-electron chi connectivity index (χ3n) is 1.72. The van der Waals surface area contributed by atoms with Gasteiger partial charge in [-0.3, -0.25) is 0 Å². The molecule has 0 aliphatic heterocycles. The van der Waals surface area contributed by atoms with Crippen molar-refractivity contribution in [1.82, 2.24) is 0 Å². The number of carboxylic acids is 1. The third kappa shape index (κ3) is 2.44. The lowest BCUT2D eigenvalue weighted by molar-refractivity contribution is -0.130. The smallest absolute Gasteiger partial charge is 0.335 e. The number of aliphatic carboxylic acids is 1. The summed E-state index contributed by atoms with van der Waals surface area (Å²) in [6.45, 7) is 1.92. The molecule has 13 heavy (non-hydrogen) atoms. The minimum Gasteiger partial charge on any atom is -0.478 e. The van der Waals surface area contributed by atoms with Gasteiger partial charge >= 0.3 is 5.97 Å². The number of allylic oxidation sites excluding steroid dienone is 1. The Labute approximate surface area is 77.5 Å². The number of carbonyl (C=O) groups is 1. The summed E-state index contributed by atoms with van der Waals surface area (Å²) in [6, 6.07) is 9.14. The lowest BCUT2D eigenvalue weighted by atomic mass is 10.1. The van der Waals surface area contributed by atoms with E-state index in [4.69, 9.17) is 5.11 Å². The van der Waals surface area contributed by atoms with Gasteiger partial charge in [0.1, 0.15) is 0 Å². The molecule has 1 N–H and O–H groups in total. The Morgan fingerprint density at radius 2 is 2.00 bits per heavy atom. The van der Waals surface area contributed by atoms with Gasteiger partial charge in [0.25, 0.3) is 0 Å². The van der Waals surface area contributed by atoms with Crippen molar-refractivity contribution in [2.45, 2.75) is 13.3 Å². The van der Waals surface area contributed by atoms with Gasteiger partial charge in [-0.1, -0.05) is 43.3 Å². The number of carboxylic acid groups (broad SMARTS) is 1. The largest absolute Gasteiger partial charge is 0.478 e. The summed E-state index contributed by atoms with van der Waals surface area (Å²) in [6.07, 6.45) is 2.45. The molecule has 0 unspecified atom stereocenters. The maximum atomic E-state index is 10.8. The lowest BCUT2D eigenvalue weighted by Gasteiger charge is -2.00. The van der Waals surface area contributed by atoms with E-state index in [9.17, 15) is 4.79 Å². The molecule has 0 bridgehead atoms. The van der Waals surface area contributed by atoms with Crippen molar-refractivity contribution < 1.29 is 9.90 Å². The van der Waals surface area contributed by atoms with Gasteiger partial charge in [0, 0.05) is 0 Å².